The highest BCUT2D eigenvalue weighted by Gasteiger charge is 2.48. The zero-order chi connectivity index (χ0) is 12.8. The Morgan fingerprint density at radius 2 is 1.94 bits per heavy atom. The maximum absolute atomic E-state index is 12.1. The van der Waals surface area contributed by atoms with Crippen LogP contribution in [0.25, 0.3) is 0 Å². The van der Waals surface area contributed by atoms with Crippen LogP contribution in [0.1, 0.15) is 33.6 Å². The molecule has 3 nitrogen and oxygen atoms in total. The Labute approximate surface area is 101 Å². The summed E-state index contributed by atoms with van der Waals surface area (Å²) >= 11 is 0. The van der Waals surface area contributed by atoms with Crippen LogP contribution in [0.5, 0.6) is 0 Å². The third-order valence-corrected chi connectivity index (χ3v) is 3.78. The van der Waals surface area contributed by atoms with Gasteiger partial charge in [0.15, 0.2) is 5.78 Å². The minimum absolute atomic E-state index is 0.141. The summed E-state index contributed by atoms with van der Waals surface area (Å²) in [6.45, 7) is 5.60. The Morgan fingerprint density at radius 3 is 2.53 bits per heavy atom. The fraction of sp³-hybridized carbons (Fsp3) is 0.500. The zero-order valence-electron chi connectivity index (χ0n) is 10.3. The first-order chi connectivity index (χ1) is 7.81. The van der Waals surface area contributed by atoms with E-state index in [1.807, 2.05) is 32.9 Å². The van der Waals surface area contributed by atoms with E-state index in [0.717, 1.165) is 5.57 Å². The minimum Gasteiger partial charge on any atom is -0.299 e. The monoisotopic (exact) mass is 229 g/mol. The lowest BCUT2D eigenvalue weighted by Gasteiger charge is -2.43. The van der Waals surface area contributed by atoms with E-state index < -0.39 is 10.8 Å². The summed E-state index contributed by atoms with van der Waals surface area (Å²) < 4.78 is 0. The van der Waals surface area contributed by atoms with Crippen LogP contribution in [-0.2, 0) is 9.59 Å². The molecule has 2 aliphatic rings. The molecule has 3 heteroatoms. The largest absolute Gasteiger partial charge is 0.299 e. The first kappa shape index (κ1) is 11.8. The summed E-state index contributed by atoms with van der Waals surface area (Å²) in [7, 11) is 0. The maximum atomic E-state index is 12.1. The average molecular weight is 229 g/mol. The second-order valence-electron chi connectivity index (χ2n) is 5.58. The van der Waals surface area contributed by atoms with Crippen LogP contribution in [-0.4, -0.2) is 11.6 Å². The van der Waals surface area contributed by atoms with Crippen molar-refractivity contribution in [2.45, 2.75) is 33.6 Å². The SMILES string of the molecule is CC1(C)C(=O)C(C#N)=C[C@]2(C)CC(=O)CC=C12. The first-order valence-corrected chi connectivity index (χ1v) is 5.72. The molecule has 0 amide bonds. The predicted molar refractivity (Wildman–Crippen MR) is 62.9 cm³/mol. The zero-order valence-corrected chi connectivity index (χ0v) is 10.3. The number of carbonyl (C=O) groups excluding carboxylic acids is 2. The molecule has 2 aliphatic carbocycles. The van der Waals surface area contributed by atoms with Crippen molar-refractivity contribution < 1.29 is 9.59 Å². The van der Waals surface area contributed by atoms with Crippen LogP contribution < -0.4 is 0 Å². The molecule has 2 rings (SSSR count). The van der Waals surface area contributed by atoms with Crippen LogP contribution in [0.4, 0.5) is 0 Å². The minimum atomic E-state index is -0.671. The molecule has 0 aromatic rings. The van der Waals surface area contributed by atoms with Gasteiger partial charge in [-0.3, -0.25) is 9.59 Å². The highest BCUT2D eigenvalue weighted by molar-refractivity contribution is 6.07. The van der Waals surface area contributed by atoms with Crippen molar-refractivity contribution in [3.05, 3.63) is 23.3 Å². The highest BCUT2D eigenvalue weighted by Crippen LogP contribution is 2.51. The summed E-state index contributed by atoms with van der Waals surface area (Å²) in [5, 5.41) is 9.02. The van der Waals surface area contributed by atoms with Gasteiger partial charge in [-0.15, -0.1) is 0 Å². The molecule has 0 radical (unpaired) electrons. The van der Waals surface area contributed by atoms with Gasteiger partial charge in [0, 0.05) is 18.3 Å². The number of nitriles is 1. The standard InChI is InChI=1S/C14H15NO2/c1-13(2)11-5-4-10(16)7-14(11,3)6-9(8-15)12(13)17/h5-6H,4,7H2,1-3H3/t14-/m1/s1. The normalized spacial score (nSPS) is 31.2. The van der Waals surface area contributed by atoms with Crippen LogP contribution >= 0.6 is 0 Å². The predicted octanol–water partition coefficient (Wildman–Crippen LogP) is 2.34. The highest BCUT2D eigenvalue weighted by atomic mass is 16.1. The lowest BCUT2D eigenvalue weighted by Crippen LogP contribution is -2.42. The Morgan fingerprint density at radius 1 is 1.29 bits per heavy atom. The van der Waals surface area contributed by atoms with Crippen LogP contribution in [0.3, 0.4) is 0 Å². The van der Waals surface area contributed by atoms with E-state index in [1.165, 1.54) is 0 Å². The molecule has 0 saturated heterocycles. The third kappa shape index (κ3) is 1.56. The lowest BCUT2D eigenvalue weighted by molar-refractivity contribution is -0.125. The number of Topliss-reactive ketones (excluding diaryl/α,β-unsaturated/α-hetero) is 2. The van der Waals surface area contributed by atoms with Gasteiger partial charge in [0.25, 0.3) is 0 Å². The molecule has 0 aliphatic heterocycles. The quantitative estimate of drug-likeness (QED) is 0.599. The Balaban J connectivity index is 2.67. The Bertz CT molecular complexity index is 517. The smallest absolute Gasteiger partial charge is 0.182 e. The molecule has 0 aromatic carbocycles. The molecule has 1 atom stereocenters. The lowest BCUT2D eigenvalue weighted by atomic mass is 9.58. The van der Waals surface area contributed by atoms with Crippen molar-refractivity contribution in [1.82, 2.24) is 0 Å². The van der Waals surface area contributed by atoms with Gasteiger partial charge in [0.2, 0.25) is 0 Å². The molecule has 0 aromatic heterocycles. The molecule has 0 N–H and O–H groups in total. The van der Waals surface area contributed by atoms with Gasteiger partial charge in [-0.05, 0) is 13.8 Å². The van der Waals surface area contributed by atoms with Gasteiger partial charge in [-0.25, -0.2) is 0 Å². The Kier molecular flexibility index (Phi) is 2.36. The van der Waals surface area contributed by atoms with Crippen molar-refractivity contribution in [2.75, 3.05) is 0 Å². The fourth-order valence-electron chi connectivity index (χ4n) is 3.05. The molecule has 88 valence electrons. The van der Waals surface area contributed by atoms with Crippen molar-refractivity contribution in [2.24, 2.45) is 10.8 Å². The summed E-state index contributed by atoms with van der Waals surface area (Å²) in [4.78, 5) is 23.7. The molecular weight excluding hydrogens is 214 g/mol. The van der Waals surface area contributed by atoms with E-state index in [1.54, 1.807) is 6.08 Å². The summed E-state index contributed by atoms with van der Waals surface area (Å²) in [5.41, 5.74) is 0.0329. The molecule has 17 heavy (non-hydrogen) atoms. The summed E-state index contributed by atoms with van der Waals surface area (Å²) in [5.74, 6) is 0.0213. The van der Waals surface area contributed by atoms with Gasteiger partial charge in [0.05, 0.1) is 11.0 Å². The first-order valence-electron chi connectivity index (χ1n) is 5.72. The van der Waals surface area contributed by atoms with Crippen molar-refractivity contribution in [3.8, 4) is 6.07 Å². The second kappa shape index (κ2) is 3.40. The van der Waals surface area contributed by atoms with Crippen molar-refractivity contribution >= 4 is 11.6 Å². The number of rotatable bonds is 0. The van der Waals surface area contributed by atoms with Gasteiger partial charge < -0.3 is 0 Å². The van der Waals surface area contributed by atoms with Crippen molar-refractivity contribution in [1.29, 1.82) is 5.26 Å². The number of allylic oxidation sites excluding steroid dienone is 4. The molecule has 0 saturated carbocycles. The summed E-state index contributed by atoms with van der Waals surface area (Å²) in [6.07, 6.45) is 4.33. The van der Waals surface area contributed by atoms with E-state index >= 15 is 0 Å². The van der Waals surface area contributed by atoms with Crippen LogP contribution in [0, 0.1) is 22.2 Å². The van der Waals surface area contributed by atoms with Gasteiger partial charge >= 0.3 is 0 Å². The number of hydrogen-bond donors (Lipinski definition) is 0. The molecule has 0 heterocycles. The number of ketones is 2. The van der Waals surface area contributed by atoms with E-state index in [2.05, 4.69) is 0 Å². The summed E-state index contributed by atoms with van der Waals surface area (Å²) in [6, 6.07) is 1.96. The van der Waals surface area contributed by atoms with Crippen LogP contribution in [0.15, 0.2) is 23.3 Å². The van der Waals surface area contributed by atoms with Crippen molar-refractivity contribution in [3.63, 3.8) is 0 Å². The number of hydrogen-bond acceptors (Lipinski definition) is 3. The van der Waals surface area contributed by atoms with Gasteiger partial charge in [-0.1, -0.05) is 24.6 Å². The molecule has 0 spiro atoms. The van der Waals surface area contributed by atoms with E-state index in [0.29, 0.717) is 12.8 Å². The van der Waals surface area contributed by atoms with E-state index in [9.17, 15) is 9.59 Å². The topological polar surface area (TPSA) is 57.9 Å². The maximum Gasteiger partial charge on any atom is 0.182 e. The second-order valence-corrected chi connectivity index (χ2v) is 5.58. The third-order valence-electron chi connectivity index (χ3n) is 3.78. The average Bonchev–Trinajstić information content (AvgIpc) is 2.23. The fourth-order valence-corrected chi connectivity index (χ4v) is 3.05. The molecule has 0 bridgehead atoms. The molecule has 0 fully saturated rings. The van der Waals surface area contributed by atoms with Gasteiger partial charge in [-0.2, -0.15) is 5.26 Å². The van der Waals surface area contributed by atoms with Gasteiger partial charge in [0.1, 0.15) is 11.9 Å². The molecular formula is C14H15NO2. The number of nitrogens with zero attached hydrogens (tertiary/aromatic N) is 1. The molecule has 0 unspecified atom stereocenters. The number of carbonyl (C=O) groups is 2. The van der Waals surface area contributed by atoms with Crippen LogP contribution in [0.2, 0.25) is 0 Å². The number of fused-ring (bicyclic) bond motifs is 1. The van der Waals surface area contributed by atoms with E-state index in [-0.39, 0.29) is 17.1 Å². The van der Waals surface area contributed by atoms with E-state index in [4.69, 9.17) is 5.26 Å². The Hall–Kier alpha value is -1.69.